The molecule has 1 rings (SSSR count). The maximum Gasteiger partial charge on any atom is 0.241 e. The van der Waals surface area contributed by atoms with Gasteiger partial charge >= 0.3 is 0 Å². The van der Waals surface area contributed by atoms with E-state index in [4.69, 9.17) is 11.6 Å². The molecule has 5 heteroatoms. The molecule has 18 heavy (non-hydrogen) atoms. The van der Waals surface area contributed by atoms with Gasteiger partial charge in [0.05, 0.1) is 4.90 Å². The van der Waals surface area contributed by atoms with Gasteiger partial charge in [0.15, 0.2) is 0 Å². The summed E-state index contributed by atoms with van der Waals surface area (Å²) >= 11 is 5.73. The largest absolute Gasteiger partial charge is 0.241 e. The molecule has 0 spiro atoms. The van der Waals surface area contributed by atoms with E-state index in [-0.39, 0.29) is 0 Å². The van der Waals surface area contributed by atoms with Crippen molar-refractivity contribution in [2.24, 2.45) is 0 Å². The third-order valence-corrected chi connectivity index (χ3v) is 4.93. The van der Waals surface area contributed by atoms with Gasteiger partial charge < -0.3 is 0 Å². The number of sulfonamides is 1. The van der Waals surface area contributed by atoms with Crippen molar-refractivity contribution in [1.82, 2.24) is 4.72 Å². The fourth-order valence-corrected chi connectivity index (χ4v) is 3.70. The average Bonchev–Trinajstić information content (AvgIpc) is 2.28. The predicted molar refractivity (Wildman–Crippen MR) is 75.5 cm³/mol. The molecule has 0 aliphatic carbocycles. The highest BCUT2D eigenvalue weighted by atomic mass is 35.5. The second-order valence-corrected chi connectivity index (χ2v) is 6.84. The third kappa shape index (κ3) is 3.97. The minimum Gasteiger partial charge on any atom is -0.207 e. The van der Waals surface area contributed by atoms with E-state index < -0.39 is 15.6 Å². The number of rotatable bonds is 6. The van der Waals surface area contributed by atoms with Crippen molar-refractivity contribution in [3.63, 3.8) is 0 Å². The Morgan fingerprint density at radius 1 is 1.39 bits per heavy atom. The van der Waals surface area contributed by atoms with Crippen molar-refractivity contribution in [3.8, 4) is 0 Å². The Hall–Kier alpha value is -0.580. The van der Waals surface area contributed by atoms with Crippen molar-refractivity contribution in [2.45, 2.75) is 44.0 Å². The van der Waals surface area contributed by atoms with Crippen LogP contribution < -0.4 is 4.72 Å². The van der Waals surface area contributed by atoms with Crippen LogP contribution in [0.5, 0.6) is 0 Å². The molecule has 0 amide bonds. The molecular weight excluding hydrogens is 270 g/mol. The van der Waals surface area contributed by atoms with Crippen LogP contribution in [-0.2, 0) is 10.0 Å². The van der Waals surface area contributed by atoms with Crippen LogP contribution >= 0.6 is 11.6 Å². The highest BCUT2D eigenvalue weighted by Crippen LogP contribution is 2.20. The quantitative estimate of drug-likeness (QED) is 0.818. The van der Waals surface area contributed by atoms with Crippen LogP contribution in [0.3, 0.4) is 0 Å². The van der Waals surface area contributed by atoms with Gasteiger partial charge in [0.1, 0.15) is 0 Å². The van der Waals surface area contributed by atoms with E-state index in [2.05, 4.69) is 4.72 Å². The van der Waals surface area contributed by atoms with E-state index in [1.54, 1.807) is 18.2 Å². The molecule has 1 atom stereocenters. The van der Waals surface area contributed by atoms with Gasteiger partial charge in [0.25, 0.3) is 0 Å². The van der Waals surface area contributed by atoms with Crippen LogP contribution in [-0.4, -0.2) is 19.8 Å². The van der Waals surface area contributed by atoms with Crippen molar-refractivity contribution >= 4 is 21.6 Å². The lowest BCUT2D eigenvalue weighted by molar-refractivity contribution is 0.390. The minimum atomic E-state index is -3.48. The number of halogens is 1. The zero-order chi connectivity index (χ0) is 13.8. The predicted octanol–water partition coefficient (Wildman–Crippen LogP) is 3.07. The molecule has 3 nitrogen and oxygen atoms in total. The molecular formula is C13H20ClNO2S. The average molecular weight is 290 g/mol. The number of hydrogen-bond acceptors (Lipinski definition) is 2. The zero-order valence-corrected chi connectivity index (χ0v) is 12.6. The van der Waals surface area contributed by atoms with Crippen LogP contribution in [0.2, 0.25) is 0 Å². The number of hydrogen-bond donors (Lipinski definition) is 1. The van der Waals surface area contributed by atoms with Gasteiger partial charge in [-0.1, -0.05) is 19.1 Å². The molecule has 1 unspecified atom stereocenters. The highest BCUT2D eigenvalue weighted by molar-refractivity contribution is 7.89. The molecule has 1 aromatic carbocycles. The van der Waals surface area contributed by atoms with E-state index in [9.17, 15) is 8.42 Å². The fourth-order valence-electron chi connectivity index (χ4n) is 1.67. The van der Waals surface area contributed by atoms with Gasteiger partial charge in [-0.15, -0.1) is 11.6 Å². The topological polar surface area (TPSA) is 46.2 Å². The first-order valence-corrected chi connectivity index (χ1v) is 8.01. The van der Waals surface area contributed by atoms with Crippen LogP contribution in [0.25, 0.3) is 0 Å². The van der Waals surface area contributed by atoms with Gasteiger partial charge in [-0.3, -0.25) is 0 Å². The van der Waals surface area contributed by atoms with E-state index >= 15 is 0 Å². The normalized spacial score (nSPS) is 15.3. The lowest BCUT2D eigenvalue weighted by Crippen LogP contribution is -2.45. The SMILES string of the molecule is CCC(C)(CCCl)NS(=O)(=O)c1cccc(C)c1. The summed E-state index contributed by atoms with van der Waals surface area (Å²) in [5.74, 6) is 0.431. The summed E-state index contributed by atoms with van der Waals surface area (Å²) in [6.45, 7) is 5.70. The van der Waals surface area contributed by atoms with Gasteiger partial charge in [-0.05, 0) is 44.4 Å². The van der Waals surface area contributed by atoms with Crippen LogP contribution in [0.15, 0.2) is 29.2 Å². The van der Waals surface area contributed by atoms with E-state index in [0.29, 0.717) is 23.6 Å². The molecule has 102 valence electrons. The van der Waals surface area contributed by atoms with Crippen LogP contribution in [0, 0.1) is 6.92 Å². The molecule has 0 fully saturated rings. The van der Waals surface area contributed by atoms with E-state index in [1.807, 2.05) is 26.8 Å². The summed E-state index contributed by atoms with van der Waals surface area (Å²) < 4.78 is 27.3. The number of nitrogens with one attached hydrogen (secondary N) is 1. The molecule has 0 saturated heterocycles. The van der Waals surface area contributed by atoms with E-state index in [1.165, 1.54) is 0 Å². The highest BCUT2D eigenvalue weighted by Gasteiger charge is 2.28. The summed E-state index contributed by atoms with van der Waals surface area (Å²) in [7, 11) is -3.48. The Labute approximate surface area is 115 Å². The molecule has 1 N–H and O–H groups in total. The second kappa shape index (κ2) is 6.04. The number of aryl methyl sites for hydroxylation is 1. The smallest absolute Gasteiger partial charge is 0.207 e. The molecule has 0 heterocycles. The van der Waals surface area contributed by atoms with Crippen LogP contribution in [0.4, 0.5) is 0 Å². The van der Waals surface area contributed by atoms with Crippen molar-refractivity contribution in [2.75, 3.05) is 5.88 Å². The Morgan fingerprint density at radius 2 is 2.06 bits per heavy atom. The first kappa shape index (κ1) is 15.5. The molecule has 1 aromatic rings. The molecule has 0 aliphatic heterocycles. The summed E-state index contributed by atoms with van der Waals surface area (Å²) in [6, 6.07) is 6.89. The van der Waals surface area contributed by atoms with Crippen molar-refractivity contribution < 1.29 is 8.42 Å². The maximum absolute atomic E-state index is 12.3. The van der Waals surface area contributed by atoms with Crippen molar-refractivity contribution in [3.05, 3.63) is 29.8 Å². The minimum absolute atomic E-state index is 0.303. The maximum atomic E-state index is 12.3. The number of benzene rings is 1. The third-order valence-electron chi connectivity index (χ3n) is 3.11. The number of alkyl halides is 1. The summed E-state index contributed by atoms with van der Waals surface area (Å²) in [5, 5.41) is 0. The Morgan fingerprint density at radius 3 is 2.56 bits per heavy atom. The first-order valence-electron chi connectivity index (χ1n) is 5.99. The van der Waals surface area contributed by atoms with Gasteiger partial charge in [-0.2, -0.15) is 0 Å². The Balaban J connectivity index is 3.01. The molecule has 0 aliphatic rings. The lowest BCUT2D eigenvalue weighted by Gasteiger charge is -2.28. The molecule has 0 bridgehead atoms. The Bertz CT molecular complexity index is 501. The molecule has 0 aromatic heterocycles. The van der Waals surface area contributed by atoms with Crippen LogP contribution in [0.1, 0.15) is 32.3 Å². The summed E-state index contributed by atoms with van der Waals surface area (Å²) in [5.41, 5.74) is 0.429. The fraction of sp³-hybridized carbons (Fsp3) is 0.538. The lowest BCUT2D eigenvalue weighted by atomic mass is 9.97. The molecule has 0 radical (unpaired) electrons. The standard InChI is InChI=1S/C13H20ClNO2S/c1-4-13(3,8-9-14)15-18(16,17)12-7-5-6-11(2)10-12/h5-7,10,15H,4,8-9H2,1-3H3. The van der Waals surface area contributed by atoms with Crippen molar-refractivity contribution in [1.29, 1.82) is 0 Å². The van der Waals surface area contributed by atoms with Gasteiger partial charge in [-0.25, -0.2) is 13.1 Å². The van der Waals surface area contributed by atoms with E-state index in [0.717, 1.165) is 5.56 Å². The summed E-state index contributed by atoms with van der Waals surface area (Å²) in [4.78, 5) is 0.303. The monoisotopic (exact) mass is 289 g/mol. The first-order chi connectivity index (χ1) is 8.33. The van der Waals surface area contributed by atoms with Gasteiger partial charge in [0.2, 0.25) is 10.0 Å². The zero-order valence-electron chi connectivity index (χ0n) is 11.0. The Kier molecular flexibility index (Phi) is 5.20. The summed E-state index contributed by atoms with van der Waals surface area (Å²) in [6.07, 6.45) is 1.31. The molecule has 0 saturated carbocycles. The second-order valence-electron chi connectivity index (χ2n) is 4.78. The van der Waals surface area contributed by atoms with Gasteiger partial charge in [0, 0.05) is 11.4 Å².